The van der Waals surface area contributed by atoms with Crippen LogP contribution in [0.5, 0.6) is 0 Å². The lowest BCUT2D eigenvalue weighted by molar-refractivity contribution is -0.143. The summed E-state index contributed by atoms with van der Waals surface area (Å²) < 4.78 is 1.71. The first-order valence-corrected chi connectivity index (χ1v) is 7.80. The van der Waals surface area contributed by atoms with E-state index in [0.717, 1.165) is 0 Å². The number of hydrogen-bond donors (Lipinski definition) is 2. The van der Waals surface area contributed by atoms with Crippen LogP contribution in [-0.4, -0.2) is 39.5 Å². The highest BCUT2D eigenvalue weighted by Gasteiger charge is 2.29. The van der Waals surface area contributed by atoms with Crippen molar-refractivity contribution in [2.45, 2.75) is 12.8 Å². The Hall–Kier alpha value is -2.83. The summed E-state index contributed by atoms with van der Waals surface area (Å²) in [5, 5.41) is 9.38. The van der Waals surface area contributed by atoms with E-state index < -0.39 is 11.9 Å². The molecule has 24 heavy (non-hydrogen) atoms. The summed E-state index contributed by atoms with van der Waals surface area (Å²) in [4.78, 5) is 38.0. The van der Waals surface area contributed by atoms with Gasteiger partial charge >= 0.3 is 5.97 Å². The summed E-state index contributed by atoms with van der Waals surface area (Å²) >= 11 is 0. The number of aliphatic carboxylic acids is 1. The van der Waals surface area contributed by atoms with E-state index in [1.165, 1.54) is 6.20 Å². The Morgan fingerprint density at radius 2 is 1.92 bits per heavy atom. The molecular formula is C17H19N3O4. The van der Waals surface area contributed by atoms with E-state index in [4.69, 9.17) is 10.8 Å². The maximum absolute atomic E-state index is 12.7. The Morgan fingerprint density at radius 1 is 1.25 bits per heavy atom. The molecule has 126 valence electrons. The minimum Gasteiger partial charge on any atom is -0.481 e. The Bertz CT molecular complexity index is 879. The van der Waals surface area contributed by atoms with Gasteiger partial charge in [0.05, 0.1) is 16.8 Å². The van der Waals surface area contributed by atoms with E-state index in [0.29, 0.717) is 42.5 Å². The van der Waals surface area contributed by atoms with Crippen molar-refractivity contribution >= 4 is 28.5 Å². The van der Waals surface area contributed by atoms with Crippen LogP contribution in [0.1, 0.15) is 23.2 Å². The van der Waals surface area contributed by atoms with E-state index in [-0.39, 0.29) is 16.9 Å². The zero-order valence-electron chi connectivity index (χ0n) is 13.4. The number of carboxylic acids is 1. The lowest BCUT2D eigenvalue weighted by Crippen LogP contribution is -2.42. The van der Waals surface area contributed by atoms with Gasteiger partial charge in [0.1, 0.15) is 5.56 Å². The fourth-order valence-electron chi connectivity index (χ4n) is 3.21. The van der Waals surface area contributed by atoms with Crippen molar-refractivity contribution in [1.29, 1.82) is 0 Å². The fraction of sp³-hybridized carbons (Fsp3) is 0.353. The number of hydrogen-bond acceptors (Lipinski definition) is 4. The normalized spacial score (nSPS) is 15.6. The number of fused-ring (bicyclic) bond motifs is 1. The van der Waals surface area contributed by atoms with Crippen molar-refractivity contribution in [1.82, 2.24) is 9.47 Å². The van der Waals surface area contributed by atoms with Crippen LogP contribution in [0, 0.1) is 5.92 Å². The molecule has 1 aliphatic rings. The number of nitrogen functional groups attached to an aromatic ring is 1. The van der Waals surface area contributed by atoms with Crippen LogP contribution < -0.4 is 11.2 Å². The molecule has 0 saturated carbocycles. The van der Waals surface area contributed by atoms with Crippen molar-refractivity contribution in [2.24, 2.45) is 13.0 Å². The van der Waals surface area contributed by atoms with E-state index in [9.17, 15) is 14.4 Å². The van der Waals surface area contributed by atoms with E-state index >= 15 is 0 Å². The third-order valence-electron chi connectivity index (χ3n) is 4.61. The lowest BCUT2D eigenvalue weighted by atomic mass is 9.96. The summed E-state index contributed by atoms with van der Waals surface area (Å²) in [5.74, 6) is -1.63. The number of carbonyl (C=O) groups excluding carboxylic acids is 1. The Kier molecular flexibility index (Phi) is 4.01. The predicted octanol–water partition coefficient (Wildman–Crippen LogP) is 1.06. The number of benzene rings is 1. The first-order valence-electron chi connectivity index (χ1n) is 7.80. The van der Waals surface area contributed by atoms with Crippen LogP contribution in [-0.2, 0) is 11.8 Å². The molecule has 0 bridgehead atoms. The van der Waals surface area contributed by atoms with Crippen molar-refractivity contribution in [3.8, 4) is 0 Å². The minimum absolute atomic E-state index is 0.0664. The van der Waals surface area contributed by atoms with Crippen LogP contribution in [0.15, 0.2) is 29.2 Å². The Balaban J connectivity index is 1.97. The number of nitrogens with zero attached hydrogens (tertiary/aromatic N) is 2. The molecule has 1 amide bonds. The highest BCUT2D eigenvalue weighted by atomic mass is 16.4. The number of nitrogens with two attached hydrogens (primary N) is 1. The van der Waals surface area contributed by atoms with E-state index in [1.54, 1.807) is 34.7 Å². The molecular weight excluding hydrogens is 310 g/mol. The summed E-state index contributed by atoms with van der Waals surface area (Å²) in [6.45, 7) is 0.669. The molecule has 1 aromatic heterocycles. The second-order valence-corrected chi connectivity index (χ2v) is 6.13. The van der Waals surface area contributed by atoms with Gasteiger partial charge in [-0.15, -0.1) is 0 Å². The zero-order valence-corrected chi connectivity index (χ0v) is 13.4. The number of likely N-dealkylation sites (tertiary alicyclic amines) is 1. The standard InChI is InChI=1S/C17H19N3O4/c1-19-9-11(15(21)14-12(18)3-2-4-13(14)19)16(22)20-7-5-10(6-8-20)17(23)24/h2-4,9-10H,5-8,18H2,1H3,(H,23,24). The van der Waals surface area contributed by atoms with Crippen molar-refractivity contribution in [2.75, 3.05) is 18.8 Å². The van der Waals surface area contributed by atoms with Gasteiger partial charge in [0.2, 0.25) is 5.43 Å². The molecule has 0 atom stereocenters. The average Bonchev–Trinajstić information content (AvgIpc) is 2.57. The van der Waals surface area contributed by atoms with Crippen LogP contribution in [0.4, 0.5) is 5.69 Å². The quantitative estimate of drug-likeness (QED) is 0.801. The van der Waals surface area contributed by atoms with Crippen molar-refractivity contribution in [3.05, 3.63) is 40.2 Å². The second kappa shape index (κ2) is 5.99. The summed E-state index contributed by atoms with van der Waals surface area (Å²) in [5.41, 5.74) is 6.61. The van der Waals surface area contributed by atoms with Gasteiger partial charge in [0, 0.05) is 32.0 Å². The molecule has 0 aliphatic carbocycles. The molecule has 3 N–H and O–H groups in total. The molecule has 2 aromatic rings. The molecule has 0 unspecified atom stereocenters. The third kappa shape index (κ3) is 2.62. The second-order valence-electron chi connectivity index (χ2n) is 6.13. The van der Waals surface area contributed by atoms with Gasteiger partial charge in [-0.3, -0.25) is 14.4 Å². The monoisotopic (exact) mass is 329 g/mol. The number of carbonyl (C=O) groups is 2. The largest absolute Gasteiger partial charge is 0.481 e. The van der Waals surface area contributed by atoms with E-state index in [2.05, 4.69) is 0 Å². The third-order valence-corrected chi connectivity index (χ3v) is 4.61. The lowest BCUT2D eigenvalue weighted by Gasteiger charge is -2.30. The molecule has 1 fully saturated rings. The number of pyridine rings is 1. The molecule has 1 saturated heterocycles. The summed E-state index contributed by atoms with van der Waals surface area (Å²) in [6, 6.07) is 5.17. The molecule has 1 aromatic carbocycles. The summed E-state index contributed by atoms with van der Waals surface area (Å²) in [6.07, 6.45) is 2.32. The first kappa shape index (κ1) is 16.0. The number of aryl methyl sites for hydroxylation is 1. The number of carboxylic acid groups (broad SMARTS) is 1. The maximum atomic E-state index is 12.7. The molecule has 2 heterocycles. The number of rotatable bonds is 2. The van der Waals surface area contributed by atoms with Gasteiger partial charge < -0.3 is 20.3 Å². The topological polar surface area (TPSA) is 106 Å². The summed E-state index contributed by atoms with van der Waals surface area (Å²) in [7, 11) is 1.76. The molecule has 7 nitrogen and oxygen atoms in total. The smallest absolute Gasteiger partial charge is 0.306 e. The molecule has 7 heteroatoms. The Morgan fingerprint density at radius 3 is 2.54 bits per heavy atom. The van der Waals surface area contributed by atoms with Gasteiger partial charge in [-0.2, -0.15) is 0 Å². The predicted molar refractivity (Wildman–Crippen MR) is 89.9 cm³/mol. The average molecular weight is 329 g/mol. The van der Waals surface area contributed by atoms with Gasteiger partial charge in [-0.05, 0) is 25.0 Å². The Labute approximate surface area is 138 Å². The number of anilines is 1. The van der Waals surface area contributed by atoms with Crippen LogP contribution in [0.3, 0.4) is 0 Å². The highest BCUT2D eigenvalue weighted by Crippen LogP contribution is 2.21. The molecule has 1 aliphatic heterocycles. The van der Waals surface area contributed by atoms with Crippen LogP contribution >= 0.6 is 0 Å². The van der Waals surface area contributed by atoms with Gasteiger partial charge in [0.25, 0.3) is 5.91 Å². The zero-order chi connectivity index (χ0) is 17.4. The minimum atomic E-state index is -0.837. The highest BCUT2D eigenvalue weighted by molar-refractivity contribution is 6.00. The SMILES string of the molecule is Cn1cc(C(=O)N2CCC(C(=O)O)CC2)c(=O)c2c(N)cccc21. The fourth-order valence-corrected chi connectivity index (χ4v) is 3.21. The van der Waals surface area contributed by atoms with Gasteiger partial charge in [0.15, 0.2) is 0 Å². The first-order chi connectivity index (χ1) is 11.4. The number of amides is 1. The molecule has 0 radical (unpaired) electrons. The van der Waals surface area contributed by atoms with Gasteiger partial charge in [-0.1, -0.05) is 6.07 Å². The number of piperidine rings is 1. The van der Waals surface area contributed by atoms with Gasteiger partial charge in [-0.25, -0.2) is 0 Å². The maximum Gasteiger partial charge on any atom is 0.306 e. The van der Waals surface area contributed by atoms with Crippen molar-refractivity contribution in [3.63, 3.8) is 0 Å². The van der Waals surface area contributed by atoms with Crippen molar-refractivity contribution < 1.29 is 14.7 Å². The van der Waals surface area contributed by atoms with E-state index in [1.807, 2.05) is 0 Å². The van der Waals surface area contributed by atoms with Crippen LogP contribution in [0.2, 0.25) is 0 Å². The molecule has 0 spiro atoms. The van der Waals surface area contributed by atoms with Crippen LogP contribution in [0.25, 0.3) is 10.9 Å². The molecule has 3 rings (SSSR count). The number of aromatic nitrogens is 1.